The van der Waals surface area contributed by atoms with Gasteiger partial charge < -0.3 is 19.4 Å². The number of nitrogens with one attached hydrogen (secondary N) is 1. The number of aliphatic hydroxyl groups is 1. The molecule has 14 heteroatoms. The van der Waals surface area contributed by atoms with E-state index >= 15 is 0 Å². The predicted molar refractivity (Wildman–Crippen MR) is 107 cm³/mol. The average Bonchev–Trinajstić information content (AvgIpc) is 3.54. The van der Waals surface area contributed by atoms with Gasteiger partial charge in [-0.15, -0.1) is 0 Å². The van der Waals surface area contributed by atoms with Crippen molar-refractivity contribution >= 4 is 11.4 Å². The van der Waals surface area contributed by atoms with Gasteiger partial charge in [-0.2, -0.15) is 18.3 Å². The van der Waals surface area contributed by atoms with Crippen LogP contribution < -0.4 is 0 Å². The highest BCUT2D eigenvalue weighted by atomic mass is 19.4. The maximum atomic E-state index is 13.6. The monoisotopic (exact) mass is 496 g/mol. The summed E-state index contributed by atoms with van der Waals surface area (Å²) in [7, 11) is 0. The van der Waals surface area contributed by atoms with Crippen LogP contribution in [0.1, 0.15) is 70.4 Å². The van der Waals surface area contributed by atoms with E-state index in [4.69, 9.17) is 4.42 Å². The minimum Gasteiger partial charge on any atom is -0.432 e. The summed E-state index contributed by atoms with van der Waals surface area (Å²) in [5.74, 6) is -2.20. The van der Waals surface area contributed by atoms with Crippen LogP contribution in [0.3, 0.4) is 0 Å². The molecule has 2 atom stereocenters. The number of H-pyrrole nitrogens is 1. The Labute approximate surface area is 193 Å². The van der Waals surface area contributed by atoms with Crippen molar-refractivity contribution in [3.63, 3.8) is 0 Å². The van der Waals surface area contributed by atoms with Crippen LogP contribution in [-0.2, 0) is 12.6 Å². The summed E-state index contributed by atoms with van der Waals surface area (Å²) in [5.41, 5.74) is -0.842. The molecule has 1 amide bonds. The van der Waals surface area contributed by atoms with Crippen LogP contribution in [0.4, 0.5) is 22.0 Å². The fraction of sp³-hybridized carbons (Fsp3) is 0.333. The molecular weight excluding hydrogens is 479 g/mol. The summed E-state index contributed by atoms with van der Waals surface area (Å²) in [6, 6.07) is 3.80. The standard InChI is InChI=1S/C21H17F5N6O3/c1-9(33)19-29-15(18(22)23)17(35-19)20(34)31-6-5-11-14(28-8-27-11)16(31)12-7-10-3-2-4-13(21(24,25)26)32(10)30-12/h2-4,7-9,16,18,33H,5-6H2,1H3,(H,27,28)/t9?,16-/m1/s1. The Morgan fingerprint density at radius 3 is 2.77 bits per heavy atom. The summed E-state index contributed by atoms with van der Waals surface area (Å²) < 4.78 is 73.7. The number of aromatic nitrogens is 5. The molecule has 2 N–H and O–H groups in total. The Bertz CT molecular complexity index is 1410. The predicted octanol–water partition coefficient (Wildman–Crippen LogP) is 3.84. The number of rotatable bonds is 4. The first-order valence-electron chi connectivity index (χ1n) is 10.4. The maximum absolute atomic E-state index is 13.6. The number of amides is 1. The molecule has 9 nitrogen and oxygen atoms in total. The van der Waals surface area contributed by atoms with E-state index in [1.165, 1.54) is 31.5 Å². The Balaban J connectivity index is 1.64. The lowest BCUT2D eigenvalue weighted by Gasteiger charge is -2.33. The van der Waals surface area contributed by atoms with Gasteiger partial charge in [-0.1, -0.05) is 6.07 Å². The quantitative estimate of drug-likeness (QED) is 0.415. The lowest BCUT2D eigenvalue weighted by Crippen LogP contribution is -2.41. The number of fused-ring (bicyclic) bond motifs is 2. The molecule has 0 spiro atoms. The number of pyridine rings is 1. The summed E-state index contributed by atoms with van der Waals surface area (Å²) in [6.07, 6.45) is -7.55. The molecule has 0 fully saturated rings. The van der Waals surface area contributed by atoms with Gasteiger partial charge in [0.25, 0.3) is 12.3 Å². The molecule has 0 saturated carbocycles. The van der Waals surface area contributed by atoms with Crippen molar-refractivity contribution in [3.8, 4) is 0 Å². The molecule has 5 heterocycles. The second-order valence-corrected chi connectivity index (χ2v) is 7.98. The Hall–Kier alpha value is -3.81. The Morgan fingerprint density at radius 2 is 2.09 bits per heavy atom. The third kappa shape index (κ3) is 3.83. The van der Waals surface area contributed by atoms with Gasteiger partial charge in [0.1, 0.15) is 17.8 Å². The van der Waals surface area contributed by atoms with Crippen molar-refractivity contribution in [2.75, 3.05) is 6.54 Å². The fourth-order valence-electron chi connectivity index (χ4n) is 4.14. The van der Waals surface area contributed by atoms with E-state index in [1.807, 2.05) is 0 Å². The zero-order valence-corrected chi connectivity index (χ0v) is 17.9. The van der Waals surface area contributed by atoms with Crippen LogP contribution in [0.15, 0.2) is 35.0 Å². The highest BCUT2D eigenvalue weighted by molar-refractivity contribution is 5.93. The molecule has 5 rings (SSSR count). The average molecular weight is 496 g/mol. The zero-order chi connectivity index (χ0) is 25.1. The van der Waals surface area contributed by atoms with Crippen molar-refractivity contribution in [3.05, 3.63) is 70.7 Å². The molecule has 0 saturated heterocycles. The number of oxazole rings is 1. The van der Waals surface area contributed by atoms with Crippen molar-refractivity contribution in [1.29, 1.82) is 0 Å². The van der Waals surface area contributed by atoms with Gasteiger partial charge in [-0.3, -0.25) is 4.79 Å². The van der Waals surface area contributed by atoms with E-state index in [9.17, 15) is 31.9 Å². The molecule has 4 aromatic rings. The number of imidazole rings is 1. The molecule has 1 aliphatic heterocycles. The lowest BCUT2D eigenvalue weighted by atomic mass is 9.99. The van der Waals surface area contributed by atoms with E-state index in [2.05, 4.69) is 20.1 Å². The van der Waals surface area contributed by atoms with Gasteiger partial charge in [0.05, 0.1) is 23.2 Å². The molecule has 0 bridgehead atoms. The largest absolute Gasteiger partial charge is 0.433 e. The first-order chi connectivity index (χ1) is 16.6. The second-order valence-electron chi connectivity index (χ2n) is 7.98. The van der Waals surface area contributed by atoms with Gasteiger partial charge in [-0.25, -0.2) is 23.3 Å². The lowest BCUT2D eigenvalue weighted by molar-refractivity contribution is -0.142. The normalized spacial score (nSPS) is 17.3. The number of hydrogen-bond acceptors (Lipinski definition) is 6. The van der Waals surface area contributed by atoms with Crippen LogP contribution >= 0.6 is 0 Å². The second kappa shape index (κ2) is 8.15. The van der Waals surface area contributed by atoms with Gasteiger partial charge in [-0.05, 0) is 25.1 Å². The molecule has 0 radical (unpaired) electrons. The molecular formula is C21H17F5N6O3. The number of aliphatic hydroxyl groups excluding tert-OH is 1. The molecule has 1 aliphatic rings. The third-order valence-corrected chi connectivity index (χ3v) is 5.69. The summed E-state index contributed by atoms with van der Waals surface area (Å²) >= 11 is 0. The van der Waals surface area contributed by atoms with E-state index < -0.39 is 53.7 Å². The van der Waals surface area contributed by atoms with Crippen molar-refractivity contribution in [2.24, 2.45) is 0 Å². The van der Waals surface area contributed by atoms with Gasteiger partial charge in [0, 0.05) is 18.7 Å². The van der Waals surface area contributed by atoms with Crippen molar-refractivity contribution in [1.82, 2.24) is 29.5 Å². The van der Waals surface area contributed by atoms with Crippen LogP contribution in [0, 0.1) is 0 Å². The molecule has 0 aliphatic carbocycles. The molecule has 1 unspecified atom stereocenters. The number of aromatic amines is 1. The summed E-state index contributed by atoms with van der Waals surface area (Å²) in [5, 5.41) is 13.8. The number of alkyl halides is 5. The molecule has 0 aromatic carbocycles. The first kappa shape index (κ1) is 23.0. The Morgan fingerprint density at radius 1 is 1.31 bits per heavy atom. The summed E-state index contributed by atoms with van der Waals surface area (Å²) in [4.78, 5) is 25.3. The van der Waals surface area contributed by atoms with Gasteiger partial charge >= 0.3 is 6.18 Å². The fourth-order valence-corrected chi connectivity index (χ4v) is 4.14. The highest BCUT2D eigenvalue weighted by Crippen LogP contribution is 2.37. The minimum atomic E-state index is -4.69. The third-order valence-electron chi connectivity index (χ3n) is 5.69. The number of halogens is 5. The molecule has 4 aromatic heterocycles. The van der Waals surface area contributed by atoms with Crippen LogP contribution in [0.5, 0.6) is 0 Å². The van der Waals surface area contributed by atoms with E-state index in [0.717, 1.165) is 11.0 Å². The molecule has 35 heavy (non-hydrogen) atoms. The zero-order valence-electron chi connectivity index (χ0n) is 17.9. The van der Waals surface area contributed by atoms with E-state index in [0.29, 0.717) is 15.9 Å². The van der Waals surface area contributed by atoms with Crippen molar-refractivity contribution in [2.45, 2.75) is 38.1 Å². The van der Waals surface area contributed by atoms with Crippen LogP contribution in [-0.4, -0.2) is 47.0 Å². The number of carbonyl (C=O) groups excluding carboxylic acids is 1. The molecule has 184 valence electrons. The van der Waals surface area contributed by atoms with E-state index in [1.54, 1.807) is 0 Å². The van der Waals surface area contributed by atoms with E-state index in [-0.39, 0.29) is 24.2 Å². The van der Waals surface area contributed by atoms with Gasteiger partial charge in [0.2, 0.25) is 11.7 Å². The number of carbonyl (C=O) groups is 1. The summed E-state index contributed by atoms with van der Waals surface area (Å²) in [6.45, 7) is 1.25. The smallest absolute Gasteiger partial charge is 0.432 e. The SMILES string of the molecule is CC(O)c1nc(C(F)F)c(C(=O)N2CCc3[nH]cnc3[C@H]2c2cc3cccc(C(F)(F)F)n3n2)o1. The van der Waals surface area contributed by atoms with Gasteiger partial charge in [0.15, 0.2) is 5.69 Å². The van der Waals surface area contributed by atoms with Crippen molar-refractivity contribution < 1.29 is 36.3 Å². The first-order valence-corrected chi connectivity index (χ1v) is 10.4. The highest BCUT2D eigenvalue weighted by Gasteiger charge is 2.41. The Kier molecular flexibility index (Phi) is 5.34. The minimum absolute atomic E-state index is 0.00603. The topological polar surface area (TPSA) is 113 Å². The maximum Gasteiger partial charge on any atom is 0.433 e. The van der Waals surface area contributed by atoms with Crippen LogP contribution in [0.2, 0.25) is 0 Å². The number of hydrogen-bond donors (Lipinski definition) is 2. The van der Waals surface area contributed by atoms with Crippen LogP contribution in [0.25, 0.3) is 5.52 Å². The number of nitrogens with zero attached hydrogens (tertiary/aromatic N) is 5.